The molecule has 0 bridgehead atoms. The summed E-state index contributed by atoms with van der Waals surface area (Å²) in [5.41, 5.74) is -0.543. The first-order valence-electron chi connectivity index (χ1n) is 5.12. The summed E-state index contributed by atoms with van der Waals surface area (Å²) >= 11 is 6.61. The standard InChI is InChI=1S/C10H13NOS2/c12-10(6-1-2-6,7-3-4-7)8-5-11-9(13)14-8/h5-7,12H,1-4H2,(H,11,13). The highest BCUT2D eigenvalue weighted by molar-refractivity contribution is 7.73. The van der Waals surface area contributed by atoms with E-state index in [1.165, 1.54) is 25.7 Å². The Balaban J connectivity index is 2.02. The van der Waals surface area contributed by atoms with Crippen molar-refractivity contribution >= 4 is 23.6 Å². The molecular formula is C10H13NOS2. The van der Waals surface area contributed by atoms with Crippen molar-refractivity contribution in [1.29, 1.82) is 0 Å². The topological polar surface area (TPSA) is 36.0 Å². The molecule has 2 aliphatic carbocycles. The molecule has 2 saturated carbocycles. The second-order valence-electron chi connectivity index (χ2n) is 4.42. The molecule has 76 valence electrons. The zero-order valence-electron chi connectivity index (χ0n) is 7.82. The van der Waals surface area contributed by atoms with E-state index in [0.29, 0.717) is 11.8 Å². The number of thiazole rings is 1. The van der Waals surface area contributed by atoms with Crippen LogP contribution in [0.1, 0.15) is 30.6 Å². The molecule has 3 rings (SSSR count). The van der Waals surface area contributed by atoms with Crippen molar-refractivity contribution in [3.63, 3.8) is 0 Å². The van der Waals surface area contributed by atoms with Gasteiger partial charge in [0.1, 0.15) is 5.60 Å². The second kappa shape index (κ2) is 2.90. The van der Waals surface area contributed by atoms with E-state index < -0.39 is 5.60 Å². The van der Waals surface area contributed by atoms with Crippen LogP contribution in [0.5, 0.6) is 0 Å². The lowest BCUT2D eigenvalue weighted by Crippen LogP contribution is -2.29. The minimum absolute atomic E-state index is 0.497. The van der Waals surface area contributed by atoms with Crippen molar-refractivity contribution in [2.75, 3.05) is 0 Å². The van der Waals surface area contributed by atoms with Gasteiger partial charge in [0.15, 0.2) is 3.95 Å². The largest absolute Gasteiger partial charge is 0.384 e. The number of aliphatic hydroxyl groups is 1. The molecule has 0 spiro atoms. The fraction of sp³-hybridized carbons (Fsp3) is 0.700. The highest BCUT2D eigenvalue weighted by Crippen LogP contribution is 2.58. The van der Waals surface area contributed by atoms with Crippen molar-refractivity contribution in [1.82, 2.24) is 4.98 Å². The average Bonchev–Trinajstić information content (AvgIpc) is 3.01. The quantitative estimate of drug-likeness (QED) is 0.779. The lowest BCUT2D eigenvalue weighted by Gasteiger charge is -2.26. The van der Waals surface area contributed by atoms with Crippen LogP contribution in [0.4, 0.5) is 0 Å². The van der Waals surface area contributed by atoms with Crippen LogP contribution >= 0.6 is 23.6 Å². The molecule has 1 aromatic heterocycles. The molecule has 0 unspecified atom stereocenters. The number of rotatable bonds is 3. The van der Waals surface area contributed by atoms with E-state index in [4.69, 9.17) is 12.2 Å². The van der Waals surface area contributed by atoms with Gasteiger partial charge in [-0.25, -0.2) is 0 Å². The van der Waals surface area contributed by atoms with Crippen molar-refractivity contribution in [3.05, 3.63) is 15.0 Å². The first kappa shape index (κ1) is 9.07. The lowest BCUT2D eigenvalue weighted by atomic mass is 9.90. The second-order valence-corrected chi connectivity index (χ2v) is 6.14. The number of aromatic amines is 1. The van der Waals surface area contributed by atoms with Gasteiger partial charge in [-0.15, -0.1) is 11.3 Å². The van der Waals surface area contributed by atoms with Gasteiger partial charge >= 0.3 is 0 Å². The van der Waals surface area contributed by atoms with Crippen LogP contribution in [0.2, 0.25) is 0 Å². The summed E-state index contributed by atoms with van der Waals surface area (Å²) in [5.74, 6) is 0.993. The Bertz CT molecular complexity index is 388. The van der Waals surface area contributed by atoms with Crippen LogP contribution in [0, 0.1) is 15.8 Å². The number of H-pyrrole nitrogens is 1. The van der Waals surface area contributed by atoms with Crippen molar-refractivity contribution in [2.24, 2.45) is 11.8 Å². The maximum absolute atomic E-state index is 10.7. The fourth-order valence-corrected chi connectivity index (χ4v) is 3.52. The van der Waals surface area contributed by atoms with Crippen molar-refractivity contribution < 1.29 is 5.11 Å². The Labute approximate surface area is 92.0 Å². The predicted molar refractivity (Wildman–Crippen MR) is 58.8 cm³/mol. The summed E-state index contributed by atoms with van der Waals surface area (Å²) in [5, 5.41) is 10.7. The lowest BCUT2D eigenvalue weighted by molar-refractivity contribution is -0.00681. The van der Waals surface area contributed by atoms with E-state index in [1.54, 1.807) is 11.3 Å². The summed E-state index contributed by atoms with van der Waals surface area (Å²) < 4.78 is 0.778. The monoisotopic (exact) mass is 227 g/mol. The molecule has 2 nitrogen and oxygen atoms in total. The minimum Gasteiger partial charge on any atom is -0.384 e. The minimum atomic E-state index is -0.543. The number of aromatic nitrogens is 1. The molecule has 1 aromatic rings. The van der Waals surface area contributed by atoms with Gasteiger partial charge < -0.3 is 10.1 Å². The van der Waals surface area contributed by atoms with E-state index in [-0.39, 0.29) is 0 Å². The third kappa shape index (κ3) is 1.28. The molecule has 0 aromatic carbocycles. The third-order valence-corrected chi connectivity index (χ3v) is 4.65. The van der Waals surface area contributed by atoms with Crippen LogP contribution in [0.25, 0.3) is 0 Å². The molecule has 0 radical (unpaired) electrons. The SMILES string of the molecule is OC(c1c[nH]c(=S)s1)(C1CC1)C1CC1. The molecule has 0 aliphatic heterocycles. The molecule has 1 heterocycles. The highest BCUT2D eigenvalue weighted by Gasteiger charge is 2.55. The van der Waals surface area contributed by atoms with Crippen LogP contribution in [-0.2, 0) is 5.60 Å². The highest BCUT2D eigenvalue weighted by atomic mass is 32.1. The molecule has 0 atom stereocenters. The van der Waals surface area contributed by atoms with Gasteiger partial charge in [0.05, 0.1) is 4.88 Å². The molecule has 2 aliphatic rings. The molecular weight excluding hydrogens is 214 g/mol. The zero-order chi connectivity index (χ0) is 9.76. The first-order valence-corrected chi connectivity index (χ1v) is 6.35. The van der Waals surface area contributed by atoms with Gasteiger partial charge in [0, 0.05) is 6.20 Å². The van der Waals surface area contributed by atoms with Gasteiger partial charge in [-0.2, -0.15) is 0 Å². The molecule has 14 heavy (non-hydrogen) atoms. The van der Waals surface area contributed by atoms with Gasteiger partial charge in [-0.1, -0.05) is 0 Å². The molecule has 2 fully saturated rings. The van der Waals surface area contributed by atoms with E-state index in [2.05, 4.69) is 4.98 Å². The summed E-state index contributed by atoms with van der Waals surface area (Å²) in [6, 6.07) is 0. The Morgan fingerprint density at radius 3 is 2.29 bits per heavy atom. The van der Waals surface area contributed by atoms with Gasteiger partial charge in [0.25, 0.3) is 0 Å². The Kier molecular flexibility index (Phi) is 1.88. The number of nitrogens with one attached hydrogen (secondary N) is 1. The summed E-state index contributed by atoms with van der Waals surface area (Å²) in [7, 11) is 0. The van der Waals surface area contributed by atoms with E-state index in [9.17, 15) is 5.11 Å². The van der Waals surface area contributed by atoms with Crippen LogP contribution in [-0.4, -0.2) is 10.1 Å². The van der Waals surface area contributed by atoms with Crippen molar-refractivity contribution in [2.45, 2.75) is 31.3 Å². The molecule has 0 saturated heterocycles. The zero-order valence-corrected chi connectivity index (χ0v) is 9.46. The average molecular weight is 227 g/mol. The Morgan fingerprint density at radius 1 is 1.36 bits per heavy atom. The van der Waals surface area contributed by atoms with Gasteiger partial charge in [-0.3, -0.25) is 0 Å². The summed E-state index contributed by atoms with van der Waals surface area (Å²) in [6.45, 7) is 0. The smallest absolute Gasteiger partial charge is 0.158 e. The van der Waals surface area contributed by atoms with E-state index in [1.807, 2.05) is 6.20 Å². The molecule has 4 heteroatoms. The first-order chi connectivity index (χ1) is 6.71. The Morgan fingerprint density at radius 2 is 1.93 bits per heavy atom. The van der Waals surface area contributed by atoms with Crippen LogP contribution in [0.15, 0.2) is 6.20 Å². The Hall–Kier alpha value is -0.190. The number of hydrogen-bond acceptors (Lipinski definition) is 3. The third-order valence-electron chi connectivity index (χ3n) is 3.32. The van der Waals surface area contributed by atoms with Gasteiger partial charge in [0.2, 0.25) is 0 Å². The van der Waals surface area contributed by atoms with Gasteiger partial charge in [-0.05, 0) is 49.7 Å². The number of hydrogen-bond donors (Lipinski definition) is 2. The maximum atomic E-state index is 10.7. The molecule has 2 N–H and O–H groups in total. The summed E-state index contributed by atoms with van der Waals surface area (Å²) in [6.07, 6.45) is 6.62. The van der Waals surface area contributed by atoms with E-state index in [0.717, 1.165) is 8.83 Å². The maximum Gasteiger partial charge on any atom is 0.158 e. The molecule has 0 amide bonds. The fourth-order valence-electron chi connectivity index (χ4n) is 2.26. The van der Waals surface area contributed by atoms with Crippen molar-refractivity contribution in [3.8, 4) is 0 Å². The van der Waals surface area contributed by atoms with Crippen LogP contribution < -0.4 is 0 Å². The van der Waals surface area contributed by atoms with Crippen LogP contribution in [0.3, 0.4) is 0 Å². The summed E-state index contributed by atoms with van der Waals surface area (Å²) in [4.78, 5) is 4.08. The normalized spacial score (nSPS) is 22.6. The van der Waals surface area contributed by atoms with E-state index >= 15 is 0 Å². The predicted octanol–water partition coefficient (Wildman–Crippen LogP) is 2.81.